The van der Waals surface area contributed by atoms with Crippen molar-refractivity contribution in [1.29, 1.82) is 0 Å². The predicted molar refractivity (Wildman–Crippen MR) is 119 cm³/mol. The van der Waals surface area contributed by atoms with Gasteiger partial charge in [-0.15, -0.1) is 0 Å². The van der Waals surface area contributed by atoms with Gasteiger partial charge in [0.1, 0.15) is 16.9 Å². The molecule has 1 aliphatic rings. The van der Waals surface area contributed by atoms with Crippen molar-refractivity contribution >= 4 is 46.2 Å². The Morgan fingerprint density at radius 1 is 1.42 bits per heavy atom. The Morgan fingerprint density at radius 2 is 2.13 bits per heavy atom. The van der Waals surface area contributed by atoms with Gasteiger partial charge in [-0.2, -0.15) is 0 Å². The number of hydrogen-bond acceptors (Lipinski definition) is 8. The second kappa shape index (κ2) is 9.30. The smallest absolute Gasteiger partial charge is 0.410 e. The Morgan fingerprint density at radius 3 is 2.74 bits per heavy atom. The average Bonchev–Trinajstić information content (AvgIpc) is 3.12. The van der Waals surface area contributed by atoms with Crippen LogP contribution in [0.2, 0.25) is 5.15 Å². The molecule has 0 radical (unpaired) electrons. The van der Waals surface area contributed by atoms with Crippen LogP contribution in [0.5, 0.6) is 0 Å². The van der Waals surface area contributed by atoms with Crippen molar-refractivity contribution in [3.63, 3.8) is 0 Å². The van der Waals surface area contributed by atoms with Crippen LogP contribution < -0.4 is 4.90 Å². The fourth-order valence-electron chi connectivity index (χ4n) is 3.72. The summed E-state index contributed by atoms with van der Waals surface area (Å²) in [5.74, 6) is -0.156. The van der Waals surface area contributed by atoms with Crippen LogP contribution in [0.25, 0.3) is 10.9 Å². The third-order valence-corrected chi connectivity index (χ3v) is 5.90. The third kappa shape index (κ3) is 4.96. The van der Waals surface area contributed by atoms with E-state index >= 15 is 0 Å². The predicted octanol–water partition coefficient (Wildman–Crippen LogP) is 4.00. The van der Waals surface area contributed by atoms with Crippen LogP contribution >= 0.6 is 23.4 Å². The van der Waals surface area contributed by atoms with E-state index < -0.39 is 11.4 Å². The van der Waals surface area contributed by atoms with Gasteiger partial charge in [-0.1, -0.05) is 23.4 Å². The molecule has 2 aromatic heterocycles. The fraction of sp³-hybridized carbons (Fsp3) is 0.600. The van der Waals surface area contributed by atoms with E-state index in [2.05, 4.69) is 15.0 Å². The molecule has 2 atom stereocenters. The van der Waals surface area contributed by atoms with Crippen molar-refractivity contribution in [1.82, 2.24) is 19.9 Å². The number of pyridine rings is 1. The van der Waals surface area contributed by atoms with Crippen LogP contribution in [0.3, 0.4) is 0 Å². The van der Waals surface area contributed by atoms with Gasteiger partial charge in [-0.05, 0) is 33.4 Å². The minimum atomic E-state index is -0.679. The first-order chi connectivity index (χ1) is 14.6. The van der Waals surface area contributed by atoms with Crippen LogP contribution in [-0.4, -0.2) is 77.2 Å². The monoisotopic (exact) mass is 471 g/mol. The molecule has 2 unspecified atom stereocenters. The second-order valence-corrected chi connectivity index (χ2v) is 9.45. The molecule has 0 spiro atoms. The number of fused-ring (bicyclic) bond motifs is 1. The van der Waals surface area contributed by atoms with Crippen LogP contribution in [-0.2, 0) is 9.47 Å². The highest BCUT2D eigenvalue weighted by atomic mass is 35.5. The van der Waals surface area contributed by atoms with E-state index in [9.17, 15) is 9.18 Å². The first-order valence-electron chi connectivity index (χ1n) is 9.84. The summed E-state index contributed by atoms with van der Waals surface area (Å²) in [5.41, 5.74) is -0.483. The maximum absolute atomic E-state index is 14.7. The van der Waals surface area contributed by atoms with Gasteiger partial charge in [0.15, 0.2) is 16.1 Å². The standard InChI is InChI=1S/C20H27ClFN5O3S/c1-20(2,3)30-19(28)27-8-7-12(13(27)10-29-5)26(4)17-11-9-23-16(21)14(22)15(11)24-18(25-17)31-6/h9,12-13H,7-8,10H2,1-6H3. The molecule has 0 aliphatic carbocycles. The lowest BCUT2D eigenvalue weighted by Crippen LogP contribution is -2.49. The van der Waals surface area contributed by atoms with Crippen molar-refractivity contribution in [2.45, 2.75) is 50.0 Å². The molecule has 0 N–H and O–H groups in total. The molecule has 0 aromatic carbocycles. The highest BCUT2D eigenvalue weighted by Gasteiger charge is 2.42. The Bertz CT molecular complexity index is 974. The zero-order chi connectivity index (χ0) is 22.9. The van der Waals surface area contributed by atoms with Crippen molar-refractivity contribution < 1.29 is 18.7 Å². The summed E-state index contributed by atoms with van der Waals surface area (Å²) in [6.07, 6.45) is 3.58. The van der Waals surface area contributed by atoms with E-state index in [4.69, 9.17) is 21.1 Å². The molecule has 8 nitrogen and oxygen atoms in total. The topological polar surface area (TPSA) is 80.7 Å². The lowest BCUT2D eigenvalue weighted by Gasteiger charge is -2.34. The molecule has 3 heterocycles. The molecule has 3 rings (SSSR count). The van der Waals surface area contributed by atoms with Crippen LogP contribution in [0.15, 0.2) is 11.4 Å². The minimum absolute atomic E-state index is 0.117. The van der Waals surface area contributed by atoms with Gasteiger partial charge < -0.3 is 19.3 Å². The van der Waals surface area contributed by atoms with E-state index in [1.165, 1.54) is 18.0 Å². The van der Waals surface area contributed by atoms with Crippen molar-refractivity contribution in [3.8, 4) is 0 Å². The van der Waals surface area contributed by atoms with E-state index in [0.29, 0.717) is 35.9 Å². The number of likely N-dealkylation sites (N-methyl/N-ethyl adjacent to an activating group) is 1. The quantitative estimate of drug-likeness (QED) is 0.367. The SMILES string of the molecule is COCC1C(N(C)c2nc(SC)nc3c(F)c(Cl)ncc23)CCN1C(=O)OC(C)(C)C. The number of hydrogen-bond donors (Lipinski definition) is 0. The molecule has 0 saturated carbocycles. The maximum atomic E-state index is 14.7. The Balaban J connectivity index is 2.00. The molecule has 170 valence electrons. The van der Waals surface area contributed by atoms with Crippen molar-refractivity contribution in [2.75, 3.05) is 38.5 Å². The molecule has 1 fully saturated rings. The molecular weight excluding hydrogens is 445 g/mol. The molecule has 1 aliphatic heterocycles. The van der Waals surface area contributed by atoms with Gasteiger partial charge in [-0.3, -0.25) is 0 Å². The largest absolute Gasteiger partial charge is 0.444 e. The zero-order valence-corrected chi connectivity index (χ0v) is 20.1. The number of anilines is 1. The van der Waals surface area contributed by atoms with Gasteiger partial charge in [0.2, 0.25) is 0 Å². The summed E-state index contributed by atoms with van der Waals surface area (Å²) in [5, 5.41) is 0.635. The summed E-state index contributed by atoms with van der Waals surface area (Å²) >= 11 is 7.18. The van der Waals surface area contributed by atoms with Gasteiger partial charge in [0.25, 0.3) is 0 Å². The highest BCUT2D eigenvalue weighted by molar-refractivity contribution is 7.98. The average molecular weight is 472 g/mol. The Labute approximate surface area is 190 Å². The number of aromatic nitrogens is 3. The number of carbonyl (C=O) groups excluding carboxylic acids is 1. The lowest BCUT2D eigenvalue weighted by molar-refractivity contribution is 0.0136. The summed E-state index contributed by atoms with van der Waals surface area (Å²) in [6.45, 7) is 6.33. The third-order valence-electron chi connectivity index (χ3n) is 5.09. The number of amides is 1. The second-order valence-electron chi connectivity index (χ2n) is 8.32. The first-order valence-corrected chi connectivity index (χ1v) is 11.4. The number of thioether (sulfide) groups is 1. The zero-order valence-electron chi connectivity index (χ0n) is 18.5. The number of likely N-dealkylation sites (tertiary alicyclic amines) is 1. The molecule has 1 saturated heterocycles. The van der Waals surface area contributed by atoms with Crippen LogP contribution in [0.4, 0.5) is 15.0 Å². The van der Waals surface area contributed by atoms with E-state index in [1.54, 1.807) is 12.0 Å². The summed E-state index contributed by atoms with van der Waals surface area (Å²) in [7, 11) is 3.46. The number of halogens is 2. The number of nitrogens with zero attached hydrogens (tertiary/aromatic N) is 5. The summed E-state index contributed by atoms with van der Waals surface area (Å²) < 4.78 is 25.7. The number of methoxy groups -OCH3 is 1. The fourth-order valence-corrected chi connectivity index (χ4v) is 4.22. The van der Waals surface area contributed by atoms with E-state index in [1.807, 2.05) is 39.0 Å². The van der Waals surface area contributed by atoms with E-state index in [-0.39, 0.29) is 28.8 Å². The van der Waals surface area contributed by atoms with Gasteiger partial charge >= 0.3 is 6.09 Å². The van der Waals surface area contributed by atoms with Gasteiger partial charge in [-0.25, -0.2) is 24.1 Å². The Kier molecular flexibility index (Phi) is 7.12. The Hall–Kier alpha value is -1.91. The maximum Gasteiger partial charge on any atom is 0.410 e. The number of carbonyl (C=O) groups is 1. The van der Waals surface area contributed by atoms with Crippen molar-refractivity contribution in [3.05, 3.63) is 17.2 Å². The van der Waals surface area contributed by atoms with E-state index in [0.717, 1.165) is 0 Å². The molecule has 2 aromatic rings. The highest BCUT2D eigenvalue weighted by Crippen LogP contribution is 2.33. The lowest BCUT2D eigenvalue weighted by atomic mass is 10.1. The van der Waals surface area contributed by atoms with Gasteiger partial charge in [0.05, 0.1) is 24.1 Å². The summed E-state index contributed by atoms with van der Waals surface area (Å²) in [6, 6.07) is -0.392. The molecule has 0 bridgehead atoms. The number of ether oxygens (including phenoxy) is 2. The number of rotatable bonds is 5. The first kappa shape index (κ1) is 23.7. The van der Waals surface area contributed by atoms with Crippen LogP contribution in [0, 0.1) is 5.82 Å². The molecule has 11 heteroatoms. The summed E-state index contributed by atoms with van der Waals surface area (Å²) in [4.78, 5) is 29.2. The normalized spacial score (nSPS) is 19.2. The minimum Gasteiger partial charge on any atom is -0.444 e. The van der Waals surface area contributed by atoms with Crippen molar-refractivity contribution in [2.24, 2.45) is 0 Å². The van der Waals surface area contributed by atoms with Gasteiger partial charge in [0, 0.05) is 26.9 Å². The molecule has 31 heavy (non-hydrogen) atoms. The van der Waals surface area contributed by atoms with Crippen LogP contribution in [0.1, 0.15) is 27.2 Å². The molecule has 1 amide bonds. The molecular formula is C20H27ClFN5O3S.